The first-order valence-corrected chi connectivity index (χ1v) is 13.3. The van der Waals surface area contributed by atoms with Gasteiger partial charge in [-0.2, -0.15) is 11.8 Å². The number of carbonyl (C=O) groups is 3. The fourth-order valence-electron chi connectivity index (χ4n) is 3.94. The predicted molar refractivity (Wildman–Crippen MR) is 132 cm³/mol. The molecule has 1 heterocycles. The van der Waals surface area contributed by atoms with E-state index in [2.05, 4.69) is 10.2 Å². The molecular formula is C24H37N3O8S. The molecule has 3 N–H and O–H groups in total. The molecule has 12 heteroatoms. The first kappa shape index (κ1) is 30.0. The lowest BCUT2D eigenvalue weighted by atomic mass is 10.0. The summed E-state index contributed by atoms with van der Waals surface area (Å²) in [6.45, 7) is 4.39. The Labute approximate surface area is 215 Å². The number of thioether (sulfide) groups is 1. The minimum atomic E-state index is -0.684. The molecular weight excluding hydrogens is 490 g/mol. The molecule has 1 aliphatic heterocycles. The predicted octanol–water partition coefficient (Wildman–Crippen LogP) is 1.81. The first-order chi connectivity index (χ1) is 17.3. The summed E-state index contributed by atoms with van der Waals surface area (Å²) in [7, 11) is 0. The van der Waals surface area contributed by atoms with Gasteiger partial charge in [0.25, 0.3) is 0 Å². The number of nitrogens with one attached hydrogen (secondary N) is 1. The first-order valence-electron chi connectivity index (χ1n) is 12.2. The highest BCUT2D eigenvalue weighted by Gasteiger charge is 2.38. The van der Waals surface area contributed by atoms with Gasteiger partial charge in [-0.15, -0.1) is 0 Å². The number of hydrogen-bond donors (Lipinski definition) is 3. The van der Waals surface area contributed by atoms with Crippen molar-refractivity contribution in [3.63, 3.8) is 0 Å². The number of carbonyl (C=O) groups excluding carboxylic acids is 3. The highest BCUT2D eigenvalue weighted by Crippen LogP contribution is 2.20. The molecule has 3 unspecified atom stereocenters. The third kappa shape index (κ3) is 10.4. The highest BCUT2D eigenvalue weighted by molar-refractivity contribution is 7.99. The van der Waals surface area contributed by atoms with Gasteiger partial charge in [-0.05, 0) is 45.1 Å². The van der Waals surface area contributed by atoms with Crippen LogP contribution in [0.25, 0.3) is 0 Å². The van der Waals surface area contributed by atoms with E-state index in [4.69, 9.17) is 19.9 Å². The zero-order chi connectivity index (χ0) is 26.3. The average molecular weight is 528 g/mol. The van der Waals surface area contributed by atoms with Gasteiger partial charge in [0.15, 0.2) is 0 Å². The van der Waals surface area contributed by atoms with Crippen molar-refractivity contribution in [2.75, 3.05) is 37.9 Å². The van der Waals surface area contributed by atoms with Gasteiger partial charge in [-0.3, -0.25) is 25.3 Å². The van der Waals surface area contributed by atoms with Crippen molar-refractivity contribution in [1.82, 2.24) is 15.6 Å². The van der Waals surface area contributed by atoms with Crippen LogP contribution in [0, 0.1) is 0 Å². The topological polar surface area (TPSA) is 138 Å². The van der Waals surface area contributed by atoms with Crippen LogP contribution in [0.4, 0.5) is 0 Å². The van der Waals surface area contributed by atoms with Crippen LogP contribution >= 0.6 is 11.8 Å². The number of benzene rings is 1. The molecule has 1 aliphatic rings. The quantitative estimate of drug-likeness (QED) is 0.165. The highest BCUT2D eigenvalue weighted by atomic mass is 32.2. The van der Waals surface area contributed by atoms with Gasteiger partial charge >= 0.3 is 11.9 Å². The molecule has 0 bridgehead atoms. The largest absolute Gasteiger partial charge is 0.465 e. The second kappa shape index (κ2) is 16.5. The van der Waals surface area contributed by atoms with Crippen LogP contribution in [-0.2, 0) is 35.1 Å². The fraction of sp³-hybridized carbons (Fsp3) is 0.625. The molecule has 2 rings (SSSR count). The van der Waals surface area contributed by atoms with Gasteiger partial charge in [0.05, 0.1) is 24.6 Å². The fourth-order valence-corrected chi connectivity index (χ4v) is 4.54. The number of hydrogen-bond acceptors (Lipinski definition) is 11. The van der Waals surface area contributed by atoms with Gasteiger partial charge in [0.2, 0.25) is 5.91 Å². The van der Waals surface area contributed by atoms with Gasteiger partial charge < -0.3 is 14.4 Å². The second-order valence-electron chi connectivity index (χ2n) is 8.27. The van der Waals surface area contributed by atoms with Gasteiger partial charge in [0, 0.05) is 18.1 Å². The summed E-state index contributed by atoms with van der Waals surface area (Å²) in [6, 6.07) is 7.79. The van der Waals surface area contributed by atoms with E-state index in [9.17, 15) is 14.4 Å². The maximum atomic E-state index is 13.2. The molecule has 1 fully saturated rings. The van der Waals surface area contributed by atoms with Gasteiger partial charge in [-0.1, -0.05) is 30.3 Å². The number of nitrogens with zero attached hydrogens (tertiary/aromatic N) is 2. The third-order valence-electron chi connectivity index (χ3n) is 5.67. The monoisotopic (exact) mass is 527 g/mol. The Morgan fingerprint density at radius 2 is 1.89 bits per heavy atom. The van der Waals surface area contributed by atoms with Crippen LogP contribution in [0.2, 0.25) is 0 Å². The van der Waals surface area contributed by atoms with Crippen molar-refractivity contribution in [3.8, 4) is 0 Å². The average Bonchev–Trinajstić information content (AvgIpc) is 3.36. The van der Waals surface area contributed by atoms with Crippen LogP contribution < -0.4 is 5.32 Å². The van der Waals surface area contributed by atoms with Gasteiger partial charge in [0.1, 0.15) is 18.7 Å². The lowest BCUT2D eigenvalue weighted by Gasteiger charge is -2.28. The zero-order valence-electron chi connectivity index (χ0n) is 20.8. The standard InChI is InChI=1S/C24H37N3O8S/c1-3-33-23(29)20(12-11-19-8-5-4-6-9-19)25-18(2)22(28)26-13-7-10-21(26)24(30)34-14-16-36-17-15-35-27(31)32/h4-6,8-9,18,20-21,25,31-32H,3,7,10-17H2,1-2H3. The Kier molecular flexibility index (Phi) is 13.8. The van der Waals surface area contributed by atoms with E-state index in [0.29, 0.717) is 43.7 Å². The molecule has 0 saturated carbocycles. The Balaban J connectivity index is 1.85. The number of ether oxygens (including phenoxy) is 2. The van der Waals surface area contributed by atoms with Crippen LogP contribution in [0.1, 0.15) is 38.7 Å². The lowest BCUT2D eigenvalue weighted by molar-refractivity contribution is -0.490. The molecule has 3 atom stereocenters. The van der Waals surface area contributed by atoms with Crippen molar-refractivity contribution in [1.29, 1.82) is 0 Å². The summed E-state index contributed by atoms with van der Waals surface area (Å²) >= 11 is 1.42. The molecule has 0 radical (unpaired) electrons. The third-order valence-corrected chi connectivity index (χ3v) is 6.58. The molecule has 11 nitrogen and oxygen atoms in total. The van der Waals surface area contributed by atoms with E-state index in [-0.39, 0.29) is 31.1 Å². The van der Waals surface area contributed by atoms with E-state index >= 15 is 0 Å². The molecule has 1 amide bonds. The Bertz CT molecular complexity index is 814. The number of likely N-dealkylation sites (tertiary alicyclic amines) is 1. The SMILES string of the molecule is CCOC(=O)C(CCc1ccccc1)NC(C)C(=O)N1CCCC1C(=O)OCCSCCON(O)O. The summed E-state index contributed by atoms with van der Waals surface area (Å²) in [5, 5.41) is 19.7. The number of amides is 1. The van der Waals surface area contributed by atoms with Crippen LogP contribution in [0.15, 0.2) is 30.3 Å². The molecule has 0 aliphatic carbocycles. The number of esters is 2. The maximum Gasteiger partial charge on any atom is 0.328 e. The van der Waals surface area contributed by atoms with Crippen LogP contribution in [0.5, 0.6) is 0 Å². The molecule has 0 aromatic heterocycles. The van der Waals surface area contributed by atoms with E-state index in [1.165, 1.54) is 16.7 Å². The van der Waals surface area contributed by atoms with E-state index in [1.54, 1.807) is 13.8 Å². The normalized spacial score (nSPS) is 17.1. The Hall–Kier alpha value is -2.22. The molecule has 202 valence electrons. The number of rotatable bonds is 16. The lowest BCUT2D eigenvalue weighted by Crippen LogP contribution is -2.53. The van der Waals surface area contributed by atoms with Gasteiger partial charge in [-0.25, -0.2) is 9.63 Å². The van der Waals surface area contributed by atoms with Crippen molar-refractivity contribution < 1.29 is 39.1 Å². The number of aryl methyl sites for hydroxylation is 1. The van der Waals surface area contributed by atoms with Crippen molar-refractivity contribution in [2.24, 2.45) is 0 Å². The maximum absolute atomic E-state index is 13.2. The van der Waals surface area contributed by atoms with E-state index in [1.807, 2.05) is 30.3 Å². The van der Waals surface area contributed by atoms with E-state index in [0.717, 1.165) is 5.56 Å². The van der Waals surface area contributed by atoms with Crippen LogP contribution in [-0.4, -0.2) is 94.5 Å². The van der Waals surface area contributed by atoms with E-state index < -0.39 is 30.1 Å². The van der Waals surface area contributed by atoms with Crippen molar-refractivity contribution in [2.45, 2.75) is 57.7 Å². The second-order valence-corrected chi connectivity index (χ2v) is 9.50. The summed E-state index contributed by atoms with van der Waals surface area (Å²) in [5.74, 6) is -0.120. The minimum absolute atomic E-state index is 0.0968. The zero-order valence-corrected chi connectivity index (χ0v) is 21.7. The molecule has 1 aromatic rings. The Morgan fingerprint density at radius 3 is 2.58 bits per heavy atom. The summed E-state index contributed by atoms with van der Waals surface area (Å²) in [5.41, 5.74) is 1.09. The molecule has 0 spiro atoms. The summed E-state index contributed by atoms with van der Waals surface area (Å²) in [4.78, 5) is 44.3. The summed E-state index contributed by atoms with van der Waals surface area (Å²) < 4.78 is 10.6. The smallest absolute Gasteiger partial charge is 0.328 e. The molecule has 1 saturated heterocycles. The molecule has 1 aromatic carbocycles. The van der Waals surface area contributed by atoms with Crippen molar-refractivity contribution >= 4 is 29.6 Å². The minimum Gasteiger partial charge on any atom is -0.465 e. The Morgan fingerprint density at radius 1 is 1.17 bits per heavy atom. The molecule has 36 heavy (non-hydrogen) atoms. The van der Waals surface area contributed by atoms with Crippen LogP contribution in [0.3, 0.4) is 0 Å². The summed E-state index contributed by atoms with van der Waals surface area (Å²) in [6.07, 6.45) is 2.34. The van der Waals surface area contributed by atoms with Crippen molar-refractivity contribution in [3.05, 3.63) is 35.9 Å².